The van der Waals surface area contributed by atoms with Crippen molar-refractivity contribution in [2.45, 2.75) is 53.6 Å². The van der Waals surface area contributed by atoms with E-state index in [-0.39, 0.29) is 50.1 Å². The molecular weight excluding hydrogens is 474 g/mol. The van der Waals surface area contributed by atoms with Gasteiger partial charge in [0.25, 0.3) is 0 Å². The lowest BCUT2D eigenvalue weighted by atomic mass is 9.85. The van der Waals surface area contributed by atoms with E-state index in [4.69, 9.17) is 20.9 Å². The van der Waals surface area contributed by atoms with Crippen molar-refractivity contribution in [1.29, 1.82) is 0 Å². The Morgan fingerprint density at radius 3 is 2.15 bits per heavy atom. The Hall–Kier alpha value is -4.17. The highest BCUT2D eigenvalue weighted by atomic mass is 16.3. The Bertz CT molecular complexity index is 2280. The van der Waals surface area contributed by atoms with Crippen LogP contribution in [0.4, 0.5) is 0 Å². The van der Waals surface area contributed by atoms with Gasteiger partial charge in [0.15, 0.2) is 0 Å². The average Bonchev–Trinajstić information content (AvgIpc) is 3.40. The van der Waals surface area contributed by atoms with Gasteiger partial charge in [-0.15, -0.1) is 0 Å². The molecule has 2 heterocycles. The topological polar surface area (TPSA) is 26.0 Å². The molecule has 0 unspecified atom stereocenters. The minimum atomic E-state index is -2.77. The summed E-state index contributed by atoms with van der Waals surface area (Å²) in [7, 11) is 0. The van der Waals surface area contributed by atoms with Crippen molar-refractivity contribution >= 4 is 21.9 Å². The molecule has 0 aliphatic carbocycles. The minimum absolute atomic E-state index is 0.0101. The van der Waals surface area contributed by atoms with Crippen LogP contribution in [0.2, 0.25) is 0 Å². The molecule has 2 heteroatoms. The first kappa shape index (κ1) is 14.8. The van der Waals surface area contributed by atoms with Gasteiger partial charge in [0.05, 0.1) is 5.69 Å². The van der Waals surface area contributed by atoms with Crippen molar-refractivity contribution in [2.24, 2.45) is 0 Å². The monoisotopic (exact) mass is 521 g/mol. The summed E-state index contributed by atoms with van der Waals surface area (Å²) in [4.78, 5) is 4.47. The number of aromatic nitrogens is 1. The highest BCUT2D eigenvalue weighted by Crippen LogP contribution is 2.39. The molecule has 0 aliphatic heterocycles. The van der Waals surface area contributed by atoms with Gasteiger partial charge in [-0.3, -0.25) is 4.98 Å². The first-order chi connectivity index (χ1) is 23.4. The van der Waals surface area contributed by atoms with E-state index in [1.165, 1.54) is 24.3 Å². The average molecular weight is 522 g/mol. The van der Waals surface area contributed by atoms with Crippen molar-refractivity contribution in [3.8, 4) is 33.5 Å². The second kappa shape index (κ2) is 9.24. The highest BCUT2D eigenvalue weighted by Gasteiger charge is 2.17. The maximum atomic E-state index is 8.52. The molecule has 0 bridgehead atoms. The Kier molecular flexibility index (Phi) is 3.51. The third-order valence-corrected chi connectivity index (χ3v) is 7.19. The molecule has 2 aromatic heterocycles. The van der Waals surface area contributed by atoms with Gasteiger partial charge in [-0.2, -0.15) is 0 Å². The SMILES string of the molecule is [2H]C([2H])([2H])c1ccc2oc3c(-c4cc(-c5cc(C([2H])([2H])[2H])c(-c6ccc(C(C)(C)C)cc6)cc5C([2H])([2H])[2H])c(C([2H])([2H])[2H])cn4)cccc3c2c1. The molecule has 0 N–H and O–H groups in total. The first-order valence-corrected chi connectivity index (χ1v) is 12.7. The second-order valence-corrected chi connectivity index (χ2v) is 10.9. The van der Waals surface area contributed by atoms with Crippen molar-refractivity contribution in [1.82, 2.24) is 4.98 Å². The van der Waals surface area contributed by atoms with Gasteiger partial charge in [-0.1, -0.05) is 80.9 Å². The fourth-order valence-electron chi connectivity index (χ4n) is 5.04. The van der Waals surface area contributed by atoms with E-state index >= 15 is 0 Å². The zero-order valence-corrected chi connectivity index (χ0v) is 21.9. The summed E-state index contributed by atoms with van der Waals surface area (Å²) in [6, 6.07) is 21.2. The van der Waals surface area contributed by atoms with E-state index < -0.39 is 27.4 Å². The van der Waals surface area contributed by atoms with E-state index in [1.807, 2.05) is 32.9 Å². The Labute approximate surface area is 248 Å². The molecule has 6 rings (SSSR count). The number of furan rings is 1. The number of para-hydroxylation sites is 1. The zero-order valence-electron chi connectivity index (χ0n) is 33.9. The fraction of sp³-hybridized carbons (Fsp3) is 0.216. The third kappa shape index (κ3) is 4.44. The van der Waals surface area contributed by atoms with E-state index in [0.717, 1.165) is 11.8 Å². The first-order valence-electron chi connectivity index (χ1n) is 18.7. The molecular formula is C37H35NO. The van der Waals surface area contributed by atoms with Gasteiger partial charge in [0, 0.05) is 39.0 Å². The van der Waals surface area contributed by atoms with Gasteiger partial charge < -0.3 is 4.42 Å². The van der Waals surface area contributed by atoms with E-state index in [0.29, 0.717) is 33.1 Å². The number of benzene rings is 4. The van der Waals surface area contributed by atoms with Crippen LogP contribution in [-0.2, 0) is 5.41 Å². The number of rotatable bonds is 3. The maximum Gasteiger partial charge on any atom is 0.144 e. The quantitative estimate of drug-likeness (QED) is 0.231. The molecule has 0 aliphatic rings. The summed E-state index contributed by atoms with van der Waals surface area (Å²) in [6.07, 6.45) is 1.16. The summed E-state index contributed by atoms with van der Waals surface area (Å²) in [6.45, 7) is -4.39. The molecule has 0 atom stereocenters. The van der Waals surface area contributed by atoms with Gasteiger partial charge in [-0.25, -0.2) is 0 Å². The predicted octanol–water partition coefficient (Wildman–Crippen LogP) is 10.5. The van der Waals surface area contributed by atoms with Crippen LogP contribution >= 0.6 is 0 Å². The molecule has 0 radical (unpaired) electrons. The summed E-state index contributed by atoms with van der Waals surface area (Å²) >= 11 is 0. The third-order valence-electron chi connectivity index (χ3n) is 7.19. The normalized spacial score (nSPS) is 17.8. The summed E-state index contributed by atoms with van der Waals surface area (Å²) in [5.41, 5.74) is 2.51. The number of fused-ring (bicyclic) bond motifs is 3. The van der Waals surface area contributed by atoms with Crippen molar-refractivity contribution in [3.05, 3.63) is 113 Å². The summed E-state index contributed by atoms with van der Waals surface area (Å²) in [5.74, 6) is 0. The second-order valence-electron chi connectivity index (χ2n) is 10.9. The number of hydrogen-bond donors (Lipinski definition) is 0. The van der Waals surface area contributed by atoms with Crippen LogP contribution in [-0.4, -0.2) is 4.98 Å². The molecule has 0 saturated heterocycles. The molecule has 0 fully saturated rings. The van der Waals surface area contributed by atoms with Gasteiger partial charge in [-0.05, 0) is 102 Å². The van der Waals surface area contributed by atoms with Crippen LogP contribution in [0.15, 0.2) is 89.5 Å². The molecule has 0 spiro atoms. The Morgan fingerprint density at radius 2 is 1.41 bits per heavy atom. The number of nitrogens with zero attached hydrogens (tertiary/aromatic N) is 1. The summed E-state index contributed by atoms with van der Waals surface area (Å²) in [5, 5.41) is 1.17. The largest absolute Gasteiger partial charge is 0.455 e. The summed E-state index contributed by atoms with van der Waals surface area (Å²) < 4.78 is 106. The van der Waals surface area contributed by atoms with Gasteiger partial charge in [0.1, 0.15) is 11.2 Å². The van der Waals surface area contributed by atoms with Gasteiger partial charge >= 0.3 is 0 Å². The van der Waals surface area contributed by atoms with Crippen LogP contribution in [0.3, 0.4) is 0 Å². The van der Waals surface area contributed by atoms with Crippen molar-refractivity contribution in [2.75, 3.05) is 0 Å². The Balaban J connectivity index is 1.63. The minimum Gasteiger partial charge on any atom is -0.455 e. The standard InChI is InChI=1S/C37H35NO/c1-22-11-16-35-33(17-22)28-9-8-10-29(36(28)39-35)34-20-32(25(4)21-38-34)31-19-23(2)30(18-24(31)3)26-12-14-27(15-13-26)37(5,6)7/h8-21H,1-7H3/i1D3,2D3,3D3,4D3. The van der Waals surface area contributed by atoms with Crippen LogP contribution in [0.25, 0.3) is 55.4 Å². The molecule has 6 aromatic rings. The molecule has 0 saturated carbocycles. The van der Waals surface area contributed by atoms with E-state index in [1.54, 1.807) is 42.5 Å². The number of pyridine rings is 1. The van der Waals surface area contributed by atoms with Crippen LogP contribution in [0, 0.1) is 27.4 Å². The molecule has 194 valence electrons. The number of hydrogen-bond acceptors (Lipinski definition) is 2. The smallest absolute Gasteiger partial charge is 0.144 e. The zero-order chi connectivity index (χ0) is 37.5. The fourth-order valence-corrected chi connectivity index (χ4v) is 5.04. The van der Waals surface area contributed by atoms with Crippen molar-refractivity contribution < 1.29 is 20.9 Å². The lowest BCUT2D eigenvalue weighted by molar-refractivity contribution is 0.590. The van der Waals surface area contributed by atoms with Gasteiger partial charge in [0.2, 0.25) is 0 Å². The van der Waals surface area contributed by atoms with Crippen molar-refractivity contribution in [3.63, 3.8) is 0 Å². The lowest BCUT2D eigenvalue weighted by Gasteiger charge is -2.20. The number of aryl methyl sites for hydroxylation is 4. The predicted molar refractivity (Wildman–Crippen MR) is 165 cm³/mol. The van der Waals surface area contributed by atoms with Crippen LogP contribution in [0.1, 0.15) is 65.0 Å². The molecule has 2 nitrogen and oxygen atoms in total. The molecule has 4 aromatic carbocycles. The van der Waals surface area contributed by atoms with E-state index in [2.05, 4.69) is 4.98 Å². The highest BCUT2D eigenvalue weighted by molar-refractivity contribution is 6.09. The van der Waals surface area contributed by atoms with Crippen LogP contribution < -0.4 is 0 Å². The maximum absolute atomic E-state index is 8.52. The molecule has 39 heavy (non-hydrogen) atoms. The van der Waals surface area contributed by atoms with E-state index in [9.17, 15) is 0 Å². The molecule has 0 amide bonds. The lowest BCUT2D eigenvalue weighted by Crippen LogP contribution is -2.10. The Morgan fingerprint density at radius 1 is 0.667 bits per heavy atom. The van der Waals surface area contributed by atoms with Crippen LogP contribution in [0.5, 0.6) is 0 Å².